The topological polar surface area (TPSA) is 52.8 Å². The van der Waals surface area contributed by atoms with Crippen LogP contribution in [0.2, 0.25) is 0 Å². The Bertz CT molecular complexity index is 566. The van der Waals surface area contributed by atoms with Gasteiger partial charge in [-0.1, -0.05) is 40.2 Å². The summed E-state index contributed by atoms with van der Waals surface area (Å²) in [5.74, 6) is 0.866. The van der Waals surface area contributed by atoms with Crippen molar-refractivity contribution in [2.24, 2.45) is 0 Å². The summed E-state index contributed by atoms with van der Waals surface area (Å²) in [7, 11) is 0. The molecule has 1 saturated heterocycles. The maximum absolute atomic E-state index is 5.77. The Hall–Kier alpha value is -1.27. The van der Waals surface area contributed by atoms with Crippen LogP contribution < -0.4 is 0 Å². The Labute approximate surface area is 126 Å². The van der Waals surface area contributed by atoms with Crippen LogP contribution in [0.25, 0.3) is 0 Å². The third-order valence-electron chi connectivity index (χ3n) is 3.60. The molecule has 1 atom stereocenters. The number of hydrogen-bond donors (Lipinski definition) is 0. The summed E-state index contributed by atoms with van der Waals surface area (Å²) in [5, 5.41) is 12.9. The Morgan fingerprint density at radius 1 is 1.25 bits per heavy atom. The third-order valence-corrected chi connectivity index (χ3v) is 4.20. The lowest BCUT2D eigenvalue weighted by molar-refractivity contribution is -0.0420. The van der Waals surface area contributed by atoms with Crippen molar-refractivity contribution in [1.29, 1.82) is 0 Å². The second kappa shape index (κ2) is 6.45. The first-order chi connectivity index (χ1) is 9.88. The molecule has 0 N–H and O–H groups in total. The summed E-state index contributed by atoms with van der Waals surface area (Å²) >= 11 is 3.52. The predicted octanol–water partition coefficient (Wildman–Crippen LogP) is 2.86. The van der Waals surface area contributed by atoms with Gasteiger partial charge in [0.1, 0.15) is 0 Å². The van der Waals surface area contributed by atoms with E-state index < -0.39 is 0 Å². The molecule has 1 aromatic heterocycles. The first-order valence-corrected chi connectivity index (χ1v) is 8.01. The number of tetrazole rings is 1. The largest absolute Gasteiger partial charge is 0.356 e. The molecule has 6 heteroatoms. The highest BCUT2D eigenvalue weighted by molar-refractivity contribution is 9.08. The van der Waals surface area contributed by atoms with Crippen molar-refractivity contribution in [3.05, 3.63) is 41.2 Å². The molecule has 3 rings (SSSR count). The summed E-state index contributed by atoms with van der Waals surface area (Å²) in [5.41, 5.74) is 2.52. The van der Waals surface area contributed by atoms with Crippen molar-refractivity contribution >= 4 is 15.9 Å². The van der Waals surface area contributed by atoms with Crippen LogP contribution in [0.3, 0.4) is 0 Å². The van der Waals surface area contributed by atoms with E-state index in [0.717, 1.165) is 37.0 Å². The maximum atomic E-state index is 5.77. The molecule has 1 aliphatic rings. The van der Waals surface area contributed by atoms with E-state index in [0.29, 0.717) is 0 Å². The van der Waals surface area contributed by atoms with Gasteiger partial charge in [0.2, 0.25) is 0 Å². The summed E-state index contributed by atoms with van der Waals surface area (Å²) in [6.45, 7) is 0.794. The number of hydrogen-bond acceptors (Lipinski definition) is 4. The molecule has 1 fully saturated rings. The Kier molecular flexibility index (Phi) is 4.42. The highest BCUT2D eigenvalue weighted by Gasteiger charge is 2.21. The summed E-state index contributed by atoms with van der Waals surface area (Å²) in [4.78, 5) is 0. The number of halogens is 1. The predicted molar refractivity (Wildman–Crippen MR) is 78.5 cm³/mol. The number of benzene rings is 1. The van der Waals surface area contributed by atoms with Gasteiger partial charge in [0.25, 0.3) is 0 Å². The van der Waals surface area contributed by atoms with Crippen LogP contribution in [0.4, 0.5) is 0 Å². The summed E-state index contributed by atoms with van der Waals surface area (Å²) in [6, 6.07) is 8.34. The van der Waals surface area contributed by atoms with Gasteiger partial charge in [-0.25, -0.2) is 4.68 Å². The maximum Gasteiger partial charge on any atom is 0.158 e. The van der Waals surface area contributed by atoms with Gasteiger partial charge in [0.05, 0.1) is 0 Å². The van der Waals surface area contributed by atoms with Crippen LogP contribution in [-0.2, 0) is 16.5 Å². The van der Waals surface area contributed by atoms with Gasteiger partial charge >= 0.3 is 0 Å². The van der Waals surface area contributed by atoms with E-state index in [1.807, 2.05) is 16.8 Å². The smallest absolute Gasteiger partial charge is 0.158 e. The van der Waals surface area contributed by atoms with Gasteiger partial charge in [-0.2, -0.15) is 0 Å². The monoisotopic (exact) mass is 336 g/mol. The number of aromatic nitrogens is 4. The molecule has 1 aliphatic heterocycles. The first-order valence-electron chi connectivity index (χ1n) is 6.89. The van der Waals surface area contributed by atoms with Crippen LogP contribution >= 0.6 is 15.9 Å². The van der Waals surface area contributed by atoms with E-state index in [4.69, 9.17) is 4.74 Å². The molecular formula is C14H17BrN4O. The number of nitrogens with zero attached hydrogens (tertiary/aromatic N) is 4. The second-order valence-corrected chi connectivity index (χ2v) is 5.50. The normalized spacial score (nSPS) is 19.1. The SMILES string of the molecule is BrCc1ccccc1Cc1nnnn1C1CCCCO1. The number of ether oxygens (including phenoxy) is 1. The molecule has 106 valence electrons. The summed E-state index contributed by atoms with van der Waals surface area (Å²) in [6.07, 6.45) is 4.00. The molecule has 0 aliphatic carbocycles. The Morgan fingerprint density at radius 2 is 2.10 bits per heavy atom. The zero-order valence-corrected chi connectivity index (χ0v) is 12.8. The van der Waals surface area contributed by atoms with E-state index in [1.165, 1.54) is 17.5 Å². The zero-order chi connectivity index (χ0) is 13.8. The Balaban J connectivity index is 1.82. The third kappa shape index (κ3) is 2.91. The van der Waals surface area contributed by atoms with Crippen molar-refractivity contribution in [3.63, 3.8) is 0 Å². The van der Waals surface area contributed by atoms with Crippen molar-refractivity contribution in [2.75, 3.05) is 6.61 Å². The fraction of sp³-hybridized carbons (Fsp3) is 0.500. The van der Waals surface area contributed by atoms with E-state index in [1.54, 1.807) is 0 Å². The molecular weight excluding hydrogens is 320 g/mol. The van der Waals surface area contributed by atoms with Crippen LogP contribution in [0.15, 0.2) is 24.3 Å². The zero-order valence-electron chi connectivity index (χ0n) is 11.2. The molecule has 0 saturated carbocycles. The minimum absolute atomic E-state index is 0.00937. The molecule has 1 aromatic carbocycles. The van der Waals surface area contributed by atoms with E-state index in [2.05, 4.69) is 43.6 Å². The van der Waals surface area contributed by atoms with Crippen LogP contribution in [0, 0.1) is 0 Å². The van der Waals surface area contributed by atoms with E-state index in [-0.39, 0.29) is 6.23 Å². The van der Waals surface area contributed by atoms with E-state index in [9.17, 15) is 0 Å². The fourth-order valence-electron chi connectivity index (χ4n) is 2.50. The highest BCUT2D eigenvalue weighted by Crippen LogP contribution is 2.23. The molecule has 2 heterocycles. The molecule has 0 amide bonds. The van der Waals surface area contributed by atoms with Gasteiger partial charge in [-0.05, 0) is 40.8 Å². The molecule has 1 unspecified atom stereocenters. The van der Waals surface area contributed by atoms with Gasteiger partial charge in [0.15, 0.2) is 12.1 Å². The molecule has 0 radical (unpaired) electrons. The average Bonchev–Trinajstić information content (AvgIpc) is 2.97. The standard InChI is InChI=1S/C14H17BrN4O/c15-10-12-6-2-1-5-11(12)9-13-16-17-18-19(13)14-7-3-4-8-20-14/h1-2,5-6,14H,3-4,7-10H2. The van der Waals surface area contributed by atoms with Crippen LogP contribution in [-0.4, -0.2) is 26.8 Å². The summed E-state index contributed by atoms with van der Waals surface area (Å²) < 4.78 is 7.61. The molecule has 5 nitrogen and oxygen atoms in total. The lowest BCUT2D eigenvalue weighted by Crippen LogP contribution is -2.21. The van der Waals surface area contributed by atoms with Crippen molar-refractivity contribution in [3.8, 4) is 0 Å². The second-order valence-electron chi connectivity index (χ2n) is 4.94. The first kappa shape index (κ1) is 13.7. The fourth-order valence-corrected chi connectivity index (χ4v) is 3.05. The quantitative estimate of drug-likeness (QED) is 0.805. The molecule has 0 spiro atoms. The van der Waals surface area contributed by atoms with Crippen molar-refractivity contribution in [2.45, 2.75) is 37.2 Å². The lowest BCUT2D eigenvalue weighted by Gasteiger charge is -2.23. The lowest BCUT2D eigenvalue weighted by atomic mass is 10.1. The minimum Gasteiger partial charge on any atom is -0.356 e. The van der Waals surface area contributed by atoms with Crippen LogP contribution in [0.5, 0.6) is 0 Å². The molecule has 20 heavy (non-hydrogen) atoms. The highest BCUT2D eigenvalue weighted by atomic mass is 79.9. The van der Waals surface area contributed by atoms with Crippen LogP contribution in [0.1, 0.15) is 42.4 Å². The van der Waals surface area contributed by atoms with E-state index >= 15 is 0 Å². The Morgan fingerprint density at radius 3 is 2.85 bits per heavy atom. The minimum atomic E-state index is -0.00937. The van der Waals surface area contributed by atoms with Gasteiger partial charge in [-0.3, -0.25) is 0 Å². The molecule has 0 bridgehead atoms. The average molecular weight is 337 g/mol. The number of alkyl halides is 1. The van der Waals surface area contributed by atoms with Gasteiger partial charge in [-0.15, -0.1) is 5.10 Å². The van der Waals surface area contributed by atoms with Gasteiger partial charge < -0.3 is 4.74 Å². The van der Waals surface area contributed by atoms with Crippen molar-refractivity contribution in [1.82, 2.24) is 20.2 Å². The van der Waals surface area contributed by atoms with Crippen molar-refractivity contribution < 1.29 is 4.74 Å². The van der Waals surface area contributed by atoms with Gasteiger partial charge in [0, 0.05) is 18.4 Å². The number of rotatable bonds is 4. The molecule has 2 aromatic rings.